The number of amides is 1. The largest absolute Gasteiger partial charge is 0.491 e. The zero-order valence-electron chi connectivity index (χ0n) is 10.6. The Kier molecular flexibility index (Phi) is 5.33. The topological polar surface area (TPSA) is 98.5 Å². The number of halogens is 1. The van der Waals surface area contributed by atoms with Crippen molar-refractivity contribution >= 4 is 31.9 Å². The normalized spacial score (nSPS) is 11.2. The summed E-state index contributed by atoms with van der Waals surface area (Å²) >= 11 is 3.20. The van der Waals surface area contributed by atoms with E-state index < -0.39 is 10.0 Å². The summed E-state index contributed by atoms with van der Waals surface area (Å²) in [5, 5.41) is 7.60. The lowest BCUT2D eigenvalue weighted by atomic mass is 10.2. The van der Waals surface area contributed by atoms with Gasteiger partial charge in [-0.05, 0) is 24.6 Å². The number of carbonyl (C=O) groups is 1. The molecule has 0 atom stereocenters. The second-order valence-corrected chi connectivity index (χ2v) is 6.31. The lowest BCUT2D eigenvalue weighted by Crippen LogP contribution is -2.21. The van der Waals surface area contributed by atoms with Crippen LogP contribution in [-0.2, 0) is 14.8 Å². The number of hydrogen-bond donors (Lipinski definition) is 2. The molecule has 3 N–H and O–H groups in total. The molecule has 0 bridgehead atoms. The second kappa shape index (κ2) is 6.36. The van der Waals surface area contributed by atoms with Gasteiger partial charge in [0.25, 0.3) is 0 Å². The molecule has 1 rings (SSSR count). The molecule has 19 heavy (non-hydrogen) atoms. The number of nitrogens with one attached hydrogen (secondary N) is 1. The molecular weight excluding hydrogens is 336 g/mol. The molecule has 0 saturated heterocycles. The molecule has 0 aliphatic heterocycles. The van der Waals surface area contributed by atoms with Crippen LogP contribution >= 0.6 is 15.9 Å². The number of nitrogens with two attached hydrogens (primary N) is 1. The van der Waals surface area contributed by atoms with Crippen molar-refractivity contribution in [2.24, 2.45) is 5.14 Å². The van der Waals surface area contributed by atoms with Crippen LogP contribution in [0.5, 0.6) is 5.75 Å². The number of hydrogen-bond acceptors (Lipinski definition) is 4. The lowest BCUT2D eigenvalue weighted by molar-refractivity contribution is -0.121. The Hall–Kier alpha value is -1.12. The Morgan fingerprint density at radius 1 is 1.47 bits per heavy atom. The molecule has 0 saturated carbocycles. The summed E-state index contributed by atoms with van der Waals surface area (Å²) in [5.41, 5.74) is 0.621. The molecule has 0 radical (unpaired) electrons. The number of aryl methyl sites for hydroxylation is 1. The maximum Gasteiger partial charge on any atom is 0.241 e. The fraction of sp³-hybridized carbons (Fsp3) is 0.364. The monoisotopic (exact) mass is 350 g/mol. The summed E-state index contributed by atoms with van der Waals surface area (Å²) in [6.07, 6.45) is 0.135. The highest BCUT2D eigenvalue weighted by molar-refractivity contribution is 9.10. The Morgan fingerprint density at radius 3 is 2.63 bits per heavy atom. The maximum atomic E-state index is 11.5. The molecule has 0 unspecified atom stereocenters. The van der Waals surface area contributed by atoms with Crippen molar-refractivity contribution < 1.29 is 17.9 Å². The number of rotatable bonds is 5. The van der Waals surface area contributed by atoms with Crippen molar-refractivity contribution in [3.05, 3.63) is 22.2 Å². The third-order valence-electron chi connectivity index (χ3n) is 2.37. The summed E-state index contributed by atoms with van der Waals surface area (Å²) in [7, 11) is -2.37. The van der Waals surface area contributed by atoms with Crippen LogP contribution in [0.1, 0.15) is 12.0 Å². The van der Waals surface area contributed by atoms with E-state index in [0.29, 0.717) is 10.0 Å². The van der Waals surface area contributed by atoms with E-state index in [1.54, 1.807) is 13.0 Å². The molecule has 106 valence electrons. The highest BCUT2D eigenvalue weighted by atomic mass is 79.9. The average Bonchev–Trinajstić information content (AvgIpc) is 2.29. The standard InChI is InChI=1S/C11H15BrN2O4S/c1-7-5-8(12)6-9(19(13,16)17)11(7)18-4-3-10(15)14-2/h5-6H,3-4H2,1-2H3,(H,14,15)(H2,13,16,17). The van der Waals surface area contributed by atoms with Gasteiger partial charge in [-0.15, -0.1) is 0 Å². The third kappa shape index (κ3) is 4.48. The molecule has 0 aliphatic carbocycles. The molecule has 0 aliphatic rings. The first-order valence-electron chi connectivity index (χ1n) is 5.42. The van der Waals surface area contributed by atoms with Crippen molar-refractivity contribution in [3.8, 4) is 5.75 Å². The van der Waals surface area contributed by atoms with Crippen LogP contribution in [0.3, 0.4) is 0 Å². The SMILES string of the molecule is CNC(=O)CCOc1c(C)cc(Br)cc1S(N)(=O)=O. The van der Waals surface area contributed by atoms with E-state index in [1.807, 2.05) is 0 Å². The molecule has 1 aromatic carbocycles. The minimum atomic E-state index is -3.89. The van der Waals surface area contributed by atoms with Gasteiger partial charge in [0, 0.05) is 11.5 Å². The van der Waals surface area contributed by atoms with Gasteiger partial charge in [-0.2, -0.15) is 0 Å². The van der Waals surface area contributed by atoms with Gasteiger partial charge in [0.2, 0.25) is 15.9 Å². The Bertz CT molecular complexity index is 587. The summed E-state index contributed by atoms with van der Waals surface area (Å²) in [6, 6.07) is 3.08. The highest BCUT2D eigenvalue weighted by Gasteiger charge is 2.18. The average molecular weight is 351 g/mol. The molecule has 0 aromatic heterocycles. The lowest BCUT2D eigenvalue weighted by Gasteiger charge is -2.13. The number of ether oxygens (including phenoxy) is 1. The summed E-state index contributed by atoms with van der Waals surface area (Å²) < 4.78 is 29.0. The van der Waals surface area contributed by atoms with Gasteiger partial charge in [0.05, 0.1) is 13.0 Å². The molecular formula is C11H15BrN2O4S. The van der Waals surface area contributed by atoms with Gasteiger partial charge in [0.15, 0.2) is 0 Å². The molecule has 0 spiro atoms. The van der Waals surface area contributed by atoms with Gasteiger partial charge in [-0.1, -0.05) is 15.9 Å². The summed E-state index contributed by atoms with van der Waals surface area (Å²) in [5.74, 6) is -0.0125. The highest BCUT2D eigenvalue weighted by Crippen LogP contribution is 2.30. The quantitative estimate of drug-likeness (QED) is 0.824. The van der Waals surface area contributed by atoms with Gasteiger partial charge in [-0.25, -0.2) is 13.6 Å². The minimum absolute atomic E-state index is 0.0741. The predicted molar refractivity (Wildman–Crippen MR) is 74.4 cm³/mol. The van der Waals surface area contributed by atoms with Crippen LogP contribution in [0.25, 0.3) is 0 Å². The van der Waals surface area contributed by atoms with E-state index in [-0.39, 0.29) is 29.6 Å². The number of carbonyl (C=O) groups excluding carboxylic acids is 1. The second-order valence-electron chi connectivity index (χ2n) is 3.87. The molecule has 0 heterocycles. The Morgan fingerprint density at radius 2 is 2.11 bits per heavy atom. The Labute approximate surface area is 120 Å². The molecule has 1 aromatic rings. The first kappa shape index (κ1) is 15.9. The smallest absolute Gasteiger partial charge is 0.241 e. The van der Waals surface area contributed by atoms with Crippen molar-refractivity contribution in [1.29, 1.82) is 0 Å². The van der Waals surface area contributed by atoms with Gasteiger partial charge < -0.3 is 10.1 Å². The minimum Gasteiger partial charge on any atom is -0.491 e. The van der Waals surface area contributed by atoms with Gasteiger partial charge >= 0.3 is 0 Å². The maximum absolute atomic E-state index is 11.5. The summed E-state index contributed by atoms with van der Waals surface area (Å²) in [6.45, 7) is 1.78. The van der Waals surface area contributed by atoms with Crippen LogP contribution in [0.4, 0.5) is 0 Å². The van der Waals surface area contributed by atoms with Crippen molar-refractivity contribution in [2.45, 2.75) is 18.2 Å². The van der Waals surface area contributed by atoms with E-state index >= 15 is 0 Å². The van der Waals surface area contributed by atoms with E-state index in [1.165, 1.54) is 13.1 Å². The third-order valence-corrected chi connectivity index (χ3v) is 3.74. The van der Waals surface area contributed by atoms with Crippen LogP contribution < -0.4 is 15.2 Å². The van der Waals surface area contributed by atoms with Crippen molar-refractivity contribution in [1.82, 2.24) is 5.32 Å². The number of benzene rings is 1. The first-order chi connectivity index (χ1) is 8.75. The molecule has 8 heteroatoms. The van der Waals surface area contributed by atoms with Crippen LogP contribution in [0.2, 0.25) is 0 Å². The van der Waals surface area contributed by atoms with Crippen LogP contribution in [-0.4, -0.2) is 28.0 Å². The van der Waals surface area contributed by atoms with E-state index in [0.717, 1.165) is 0 Å². The van der Waals surface area contributed by atoms with Gasteiger partial charge in [0.1, 0.15) is 10.6 Å². The predicted octanol–water partition coefficient (Wildman–Crippen LogP) is 0.920. The first-order valence-corrected chi connectivity index (χ1v) is 7.76. The molecule has 6 nitrogen and oxygen atoms in total. The van der Waals surface area contributed by atoms with E-state index in [4.69, 9.17) is 9.88 Å². The number of sulfonamides is 1. The molecule has 0 fully saturated rings. The van der Waals surface area contributed by atoms with Crippen molar-refractivity contribution in [2.75, 3.05) is 13.7 Å². The van der Waals surface area contributed by atoms with Crippen LogP contribution in [0, 0.1) is 6.92 Å². The Balaban J connectivity index is 3.03. The molecule has 1 amide bonds. The summed E-state index contributed by atoms with van der Waals surface area (Å²) in [4.78, 5) is 11.0. The zero-order chi connectivity index (χ0) is 14.6. The van der Waals surface area contributed by atoms with Crippen molar-refractivity contribution in [3.63, 3.8) is 0 Å². The zero-order valence-corrected chi connectivity index (χ0v) is 13.0. The van der Waals surface area contributed by atoms with Gasteiger partial charge in [-0.3, -0.25) is 4.79 Å². The fourth-order valence-electron chi connectivity index (χ4n) is 1.47. The fourth-order valence-corrected chi connectivity index (χ4v) is 2.96. The van der Waals surface area contributed by atoms with Crippen LogP contribution in [0.15, 0.2) is 21.5 Å². The number of primary sulfonamides is 1. The van der Waals surface area contributed by atoms with E-state index in [9.17, 15) is 13.2 Å². The van der Waals surface area contributed by atoms with E-state index in [2.05, 4.69) is 21.2 Å².